The normalized spacial score (nSPS) is 10.5. The van der Waals surface area contributed by atoms with Gasteiger partial charge in [0.1, 0.15) is 11.5 Å². The molecule has 0 bridgehead atoms. The largest absolute Gasteiger partial charge is 0.383 e. The Bertz CT molecular complexity index is 1230. The Kier molecular flexibility index (Phi) is 6.20. The monoisotopic (exact) mass is 422 g/mol. The fraction of sp³-hybridized carbons (Fsp3) is 0.143. The smallest absolute Gasteiger partial charge is 0.330 e. The molecule has 31 heavy (non-hydrogen) atoms. The molecular weight excluding hydrogens is 400 g/mol. The first kappa shape index (κ1) is 21.4. The van der Waals surface area contributed by atoms with Crippen LogP contribution in [-0.4, -0.2) is 35.0 Å². The van der Waals surface area contributed by atoms with Crippen LogP contribution in [0, 0.1) is 0 Å². The summed E-state index contributed by atoms with van der Waals surface area (Å²) in [5, 5.41) is 2.59. The number of likely N-dealkylation sites (N-methyl/N-ethyl adjacent to an activating group) is 1. The van der Waals surface area contributed by atoms with Crippen molar-refractivity contribution < 1.29 is 9.59 Å². The van der Waals surface area contributed by atoms with E-state index in [9.17, 15) is 19.2 Å². The van der Waals surface area contributed by atoms with Gasteiger partial charge in [-0.3, -0.25) is 23.9 Å². The standard InChI is InChI=1S/C21H22N6O4/c1-26(12-16(28)24-15-10-6-5-9-14(15)19(23)29)17-18(22)27(21(31)25-20(17)30)11-13-7-3-2-4-8-13/h2-10H,11-12,22H2,1H3,(H2,23,29)(H,24,28)(H,25,30,31). The molecule has 0 saturated heterocycles. The molecule has 1 heterocycles. The third kappa shape index (κ3) is 4.81. The zero-order valence-corrected chi connectivity index (χ0v) is 16.8. The molecule has 3 rings (SSSR count). The first-order valence-corrected chi connectivity index (χ1v) is 9.34. The molecule has 2 aromatic carbocycles. The predicted molar refractivity (Wildman–Crippen MR) is 118 cm³/mol. The Morgan fingerprint density at radius 1 is 1.06 bits per heavy atom. The summed E-state index contributed by atoms with van der Waals surface area (Å²) >= 11 is 0. The number of primary amides is 1. The fourth-order valence-corrected chi connectivity index (χ4v) is 3.16. The predicted octanol–water partition coefficient (Wildman–Crippen LogP) is 0.341. The van der Waals surface area contributed by atoms with Gasteiger partial charge in [0.15, 0.2) is 0 Å². The number of nitrogens with zero attached hydrogens (tertiary/aromatic N) is 2. The summed E-state index contributed by atoms with van der Waals surface area (Å²) in [5.41, 5.74) is 11.3. The molecule has 1 aromatic heterocycles. The van der Waals surface area contributed by atoms with Crippen LogP contribution >= 0.6 is 0 Å². The van der Waals surface area contributed by atoms with Gasteiger partial charge in [-0.15, -0.1) is 0 Å². The molecule has 160 valence electrons. The van der Waals surface area contributed by atoms with E-state index in [-0.39, 0.29) is 35.8 Å². The summed E-state index contributed by atoms with van der Waals surface area (Å²) in [6.07, 6.45) is 0. The summed E-state index contributed by atoms with van der Waals surface area (Å²) in [4.78, 5) is 52.3. The van der Waals surface area contributed by atoms with E-state index >= 15 is 0 Å². The maximum Gasteiger partial charge on any atom is 0.330 e. The van der Waals surface area contributed by atoms with E-state index in [2.05, 4.69) is 10.3 Å². The van der Waals surface area contributed by atoms with Crippen molar-refractivity contribution in [1.82, 2.24) is 9.55 Å². The highest BCUT2D eigenvalue weighted by Crippen LogP contribution is 2.17. The molecule has 0 saturated carbocycles. The van der Waals surface area contributed by atoms with Crippen LogP contribution in [0.15, 0.2) is 64.2 Å². The van der Waals surface area contributed by atoms with Gasteiger partial charge >= 0.3 is 5.69 Å². The van der Waals surface area contributed by atoms with Crippen molar-refractivity contribution in [3.05, 3.63) is 86.6 Å². The average Bonchev–Trinajstić information content (AvgIpc) is 2.71. The molecule has 3 aromatic rings. The molecule has 2 amide bonds. The summed E-state index contributed by atoms with van der Waals surface area (Å²) in [7, 11) is 1.50. The number of hydrogen-bond acceptors (Lipinski definition) is 6. The van der Waals surface area contributed by atoms with Gasteiger partial charge in [0.25, 0.3) is 11.5 Å². The molecule has 0 radical (unpaired) electrons. The Labute approximate surface area is 177 Å². The highest BCUT2D eigenvalue weighted by Gasteiger charge is 2.19. The SMILES string of the molecule is CN(CC(=O)Nc1ccccc1C(N)=O)c1c(N)n(Cc2ccccc2)c(=O)[nH]c1=O. The lowest BCUT2D eigenvalue weighted by molar-refractivity contribution is -0.114. The Morgan fingerprint density at radius 3 is 2.39 bits per heavy atom. The minimum absolute atomic E-state index is 0.0196. The number of amides is 2. The summed E-state index contributed by atoms with van der Waals surface area (Å²) in [6.45, 7) is -0.106. The molecule has 0 atom stereocenters. The van der Waals surface area contributed by atoms with Crippen LogP contribution in [0.5, 0.6) is 0 Å². The van der Waals surface area contributed by atoms with Crippen LogP contribution < -0.4 is 32.9 Å². The molecule has 0 aliphatic rings. The molecule has 0 spiro atoms. The number of aromatic nitrogens is 2. The van der Waals surface area contributed by atoms with Crippen molar-refractivity contribution in [3.8, 4) is 0 Å². The second kappa shape index (κ2) is 8.99. The number of benzene rings is 2. The molecule has 0 aliphatic heterocycles. The van der Waals surface area contributed by atoms with Crippen molar-refractivity contribution in [2.24, 2.45) is 5.73 Å². The maximum atomic E-state index is 12.5. The molecule has 10 heteroatoms. The quantitative estimate of drug-likeness (QED) is 0.430. The van der Waals surface area contributed by atoms with E-state index < -0.39 is 23.1 Å². The van der Waals surface area contributed by atoms with E-state index in [4.69, 9.17) is 11.5 Å². The summed E-state index contributed by atoms with van der Waals surface area (Å²) in [5.74, 6) is -1.25. The number of H-pyrrole nitrogens is 1. The zero-order chi connectivity index (χ0) is 22.5. The third-order valence-corrected chi connectivity index (χ3v) is 4.63. The van der Waals surface area contributed by atoms with E-state index in [1.807, 2.05) is 30.3 Å². The number of nitrogens with one attached hydrogen (secondary N) is 2. The van der Waals surface area contributed by atoms with Gasteiger partial charge in [-0.25, -0.2) is 4.79 Å². The molecule has 0 aliphatic carbocycles. The van der Waals surface area contributed by atoms with Gasteiger partial charge in [0, 0.05) is 7.05 Å². The van der Waals surface area contributed by atoms with Crippen molar-refractivity contribution in [2.45, 2.75) is 6.54 Å². The molecule has 6 N–H and O–H groups in total. The van der Waals surface area contributed by atoms with Gasteiger partial charge in [-0.2, -0.15) is 0 Å². The number of nitrogens with two attached hydrogens (primary N) is 2. The van der Waals surface area contributed by atoms with Crippen molar-refractivity contribution >= 4 is 29.0 Å². The fourth-order valence-electron chi connectivity index (χ4n) is 3.16. The van der Waals surface area contributed by atoms with Crippen LogP contribution in [-0.2, 0) is 11.3 Å². The highest BCUT2D eigenvalue weighted by molar-refractivity contribution is 6.03. The second-order valence-corrected chi connectivity index (χ2v) is 6.88. The van der Waals surface area contributed by atoms with Crippen molar-refractivity contribution in [1.29, 1.82) is 0 Å². The molecule has 0 unspecified atom stereocenters. The number of carbonyl (C=O) groups is 2. The minimum atomic E-state index is -0.709. The first-order chi connectivity index (χ1) is 14.8. The van der Waals surface area contributed by atoms with E-state index in [1.165, 1.54) is 22.6 Å². The number of para-hydroxylation sites is 1. The lowest BCUT2D eigenvalue weighted by Gasteiger charge is -2.21. The summed E-state index contributed by atoms with van der Waals surface area (Å²) in [6, 6.07) is 15.4. The molecular formula is C21H22N6O4. The number of aromatic amines is 1. The van der Waals surface area contributed by atoms with Crippen molar-refractivity contribution in [2.75, 3.05) is 29.5 Å². The van der Waals surface area contributed by atoms with Crippen LogP contribution in [0.2, 0.25) is 0 Å². The average molecular weight is 422 g/mol. The molecule has 10 nitrogen and oxygen atoms in total. The van der Waals surface area contributed by atoms with Gasteiger partial charge in [-0.05, 0) is 17.7 Å². The van der Waals surface area contributed by atoms with Crippen LogP contribution in [0.1, 0.15) is 15.9 Å². The number of hydrogen-bond donors (Lipinski definition) is 4. The Morgan fingerprint density at radius 2 is 1.71 bits per heavy atom. The van der Waals surface area contributed by atoms with Gasteiger partial charge in [0.05, 0.1) is 24.3 Å². The maximum absolute atomic E-state index is 12.5. The number of nitrogen functional groups attached to an aromatic ring is 1. The third-order valence-electron chi connectivity index (χ3n) is 4.63. The van der Waals surface area contributed by atoms with E-state index in [0.717, 1.165) is 5.56 Å². The first-order valence-electron chi connectivity index (χ1n) is 9.34. The van der Waals surface area contributed by atoms with E-state index in [0.29, 0.717) is 0 Å². The number of carbonyl (C=O) groups excluding carboxylic acids is 2. The highest BCUT2D eigenvalue weighted by atomic mass is 16.2. The zero-order valence-electron chi connectivity index (χ0n) is 16.8. The van der Waals surface area contributed by atoms with Gasteiger partial charge < -0.3 is 21.7 Å². The topological polar surface area (TPSA) is 156 Å². The van der Waals surface area contributed by atoms with E-state index in [1.54, 1.807) is 18.2 Å². The number of rotatable bonds is 7. The lowest BCUT2D eigenvalue weighted by atomic mass is 10.1. The van der Waals surface area contributed by atoms with Gasteiger partial charge in [-0.1, -0.05) is 42.5 Å². The van der Waals surface area contributed by atoms with Crippen LogP contribution in [0.4, 0.5) is 17.2 Å². The van der Waals surface area contributed by atoms with Crippen molar-refractivity contribution in [3.63, 3.8) is 0 Å². The van der Waals surface area contributed by atoms with Crippen LogP contribution in [0.3, 0.4) is 0 Å². The Balaban J connectivity index is 1.85. The second-order valence-electron chi connectivity index (χ2n) is 6.88. The van der Waals surface area contributed by atoms with Crippen LogP contribution in [0.25, 0.3) is 0 Å². The minimum Gasteiger partial charge on any atom is -0.383 e. The molecule has 0 fully saturated rings. The summed E-state index contributed by atoms with van der Waals surface area (Å²) < 4.78 is 1.23. The lowest BCUT2D eigenvalue weighted by Crippen LogP contribution is -2.40. The number of anilines is 3. The van der Waals surface area contributed by atoms with Gasteiger partial charge in [0.2, 0.25) is 5.91 Å². The Hall–Kier alpha value is -4.34.